The average molecular weight is 330 g/mol. The van der Waals surface area contributed by atoms with Crippen LogP contribution in [0.15, 0.2) is 54.6 Å². The van der Waals surface area contributed by atoms with Crippen LogP contribution in [0.3, 0.4) is 0 Å². The highest BCUT2D eigenvalue weighted by atomic mass is 16.6. The maximum atomic E-state index is 11.7. The van der Waals surface area contributed by atoms with Gasteiger partial charge in [0.15, 0.2) is 12.7 Å². The Labute approximate surface area is 136 Å². The van der Waals surface area contributed by atoms with Crippen molar-refractivity contribution in [2.45, 2.75) is 6.10 Å². The fourth-order valence-corrected chi connectivity index (χ4v) is 1.85. The molecule has 0 spiro atoms. The van der Waals surface area contributed by atoms with Gasteiger partial charge in [-0.25, -0.2) is 4.79 Å². The number of benzene rings is 2. The van der Waals surface area contributed by atoms with E-state index in [1.807, 2.05) is 0 Å². The standard InChI is InChI=1S/C16H14N2O6/c19-14(17-12-6-8-13(9-7-12)18(22)23)10-24-16(21)15(20)11-4-2-1-3-5-11/h1-9,15,20H,10H2,(H,17,19)/t15-/m1/s1. The number of rotatable bonds is 6. The Morgan fingerprint density at radius 2 is 1.75 bits per heavy atom. The Balaban J connectivity index is 1.84. The lowest BCUT2D eigenvalue weighted by atomic mass is 10.1. The number of carbonyl (C=O) groups is 2. The molecule has 124 valence electrons. The van der Waals surface area contributed by atoms with E-state index in [-0.39, 0.29) is 5.69 Å². The quantitative estimate of drug-likeness (QED) is 0.473. The van der Waals surface area contributed by atoms with E-state index >= 15 is 0 Å². The number of esters is 1. The highest BCUT2D eigenvalue weighted by Gasteiger charge is 2.19. The van der Waals surface area contributed by atoms with Crippen molar-refractivity contribution in [3.63, 3.8) is 0 Å². The van der Waals surface area contributed by atoms with Crippen LogP contribution in [0.1, 0.15) is 11.7 Å². The van der Waals surface area contributed by atoms with Gasteiger partial charge < -0.3 is 15.2 Å². The summed E-state index contributed by atoms with van der Waals surface area (Å²) in [7, 11) is 0. The van der Waals surface area contributed by atoms with Gasteiger partial charge in [-0.15, -0.1) is 0 Å². The van der Waals surface area contributed by atoms with E-state index in [0.717, 1.165) is 0 Å². The highest BCUT2D eigenvalue weighted by Crippen LogP contribution is 2.16. The lowest BCUT2D eigenvalue weighted by molar-refractivity contribution is -0.384. The molecule has 2 aromatic carbocycles. The number of nitrogens with one attached hydrogen (secondary N) is 1. The van der Waals surface area contributed by atoms with Crippen molar-refractivity contribution >= 4 is 23.3 Å². The summed E-state index contributed by atoms with van der Waals surface area (Å²) in [6.45, 7) is -0.584. The van der Waals surface area contributed by atoms with Crippen LogP contribution in [-0.2, 0) is 14.3 Å². The van der Waals surface area contributed by atoms with Gasteiger partial charge >= 0.3 is 5.97 Å². The normalized spacial score (nSPS) is 11.4. The van der Waals surface area contributed by atoms with Crippen molar-refractivity contribution in [2.24, 2.45) is 0 Å². The van der Waals surface area contributed by atoms with Crippen LogP contribution in [0.2, 0.25) is 0 Å². The summed E-state index contributed by atoms with van der Waals surface area (Å²) in [6.07, 6.45) is -1.47. The van der Waals surface area contributed by atoms with E-state index in [1.165, 1.54) is 24.3 Å². The second-order valence-electron chi connectivity index (χ2n) is 4.77. The Morgan fingerprint density at radius 1 is 1.12 bits per heavy atom. The Bertz CT molecular complexity index is 730. The number of ether oxygens (including phenoxy) is 1. The number of nitro groups is 1. The Kier molecular flexibility index (Phi) is 5.58. The van der Waals surface area contributed by atoms with Gasteiger partial charge in [0.2, 0.25) is 0 Å². The van der Waals surface area contributed by atoms with E-state index in [2.05, 4.69) is 5.32 Å². The third kappa shape index (κ3) is 4.62. The van der Waals surface area contributed by atoms with Crippen LogP contribution in [-0.4, -0.2) is 28.5 Å². The predicted molar refractivity (Wildman–Crippen MR) is 84.1 cm³/mol. The third-order valence-electron chi connectivity index (χ3n) is 3.05. The van der Waals surface area contributed by atoms with Gasteiger partial charge in [-0.1, -0.05) is 30.3 Å². The van der Waals surface area contributed by atoms with Crippen molar-refractivity contribution in [1.29, 1.82) is 0 Å². The zero-order chi connectivity index (χ0) is 17.5. The molecule has 0 fully saturated rings. The summed E-state index contributed by atoms with van der Waals surface area (Å²) in [5.41, 5.74) is 0.578. The highest BCUT2D eigenvalue weighted by molar-refractivity contribution is 5.93. The molecular formula is C16H14N2O6. The van der Waals surface area contributed by atoms with Gasteiger partial charge in [-0.2, -0.15) is 0 Å². The molecule has 0 aliphatic rings. The summed E-state index contributed by atoms with van der Waals surface area (Å²) in [4.78, 5) is 33.4. The maximum Gasteiger partial charge on any atom is 0.340 e. The number of aliphatic hydroxyl groups is 1. The zero-order valence-electron chi connectivity index (χ0n) is 12.4. The van der Waals surface area contributed by atoms with Crippen LogP contribution < -0.4 is 5.32 Å². The number of nitro benzene ring substituents is 1. The van der Waals surface area contributed by atoms with Gasteiger partial charge in [0.05, 0.1) is 4.92 Å². The first-order valence-electron chi connectivity index (χ1n) is 6.91. The van der Waals surface area contributed by atoms with Gasteiger partial charge in [0.1, 0.15) is 0 Å². The number of anilines is 1. The molecule has 24 heavy (non-hydrogen) atoms. The Morgan fingerprint density at radius 3 is 2.33 bits per heavy atom. The van der Waals surface area contributed by atoms with Crippen LogP contribution in [0.4, 0.5) is 11.4 Å². The molecule has 0 saturated carbocycles. The van der Waals surface area contributed by atoms with Crippen LogP contribution in [0.5, 0.6) is 0 Å². The van der Waals surface area contributed by atoms with Crippen molar-refractivity contribution in [3.05, 3.63) is 70.3 Å². The number of nitrogens with zero attached hydrogens (tertiary/aromatic N) is 1. The first-order valence-corrected chi connectivity index (χ1v) is 6.91. The molecule has 2 N–H and O–H groups in total. The molecule has 2 aromatic rings. The second-order valence-corrected chi connectivity index (χ2v) is 4.77. The molecule has 0 heterocycles. The van der Waals surface area contributed by atoms with Crippen LogP contribution in [0.25, 0.3) is 0 Å². The number of aliphatic hydroxyl groups excluding tert-OH is 1. The largest absolute Gasteiger partial charge is 0.453 e. The van der Waals surface area contributed by atoms with Gasteiger partial charge in [-0.05, 0) is 17.7 Å². The van der Waals surface area contributed by atoms with Gasteiger partial charge in [0.25, 0.3) is 11.6 Å². The molecule has 0 aliphatic carbocycles. The molecule has 1 atom stereocenters. The van der Waals surface area contributed by atoms with Crippen molar-refractivity contribution < 1.29 is 24.4 Å². The first kappa shape index (κ1) is 17.1. The number of carbonyl (C=O) groups excluding carboxylic acids is 2. The van der Waals surface area contributed by atoms with Gasteiger partial charge in [-0.3, -0.25) is 14.9 Å². The summed E-state index contributed by atoms with van der Waals surface area (Å²) < 4.78 is 4.74. The summed E-state index contributed by atoms with van der Waals surface area (Å²) in [5, 5.41) is 22.8. The summed E-state index contributed by atoms with van der Waals surface area (Å²) >= 11 is 0. The minimum absolute atomic E-state index is 0.106. The minimum atomic E-state index is -1.47. The zero-order valence-corrected chi connectivity index (χ0v) is 12.4. The molecule has 0 aliphatic heterocycles. The molecule has 8 nitrogen and oxygen atoms in total. The van der Waals surface area contributed by atoms with Crippen molar-refractivity contribution in [3.8, 4) is 0 Å². The van der Waals surface area contributed by atoms with Gasteiger partial charge in [0, 0.05) is 17.8 Å². The number of non-ortho nitro benzene ring substituents is 1. The van der Waals surface area contributed by atoms with E-state index in [1.54, 1.807) is 30.3 Å². The van der Waals surface area contributed by atoms with E-state index in [4.69, 9.17) is 4.74 Å². The van der Waals surface area contributed by atoms with Crippen molar-refractivity contribution in [1.82, 2.24) is 0 Å². The second kappa shape index (κ2) is 7.84. The van der Waals surface area contributed by atoms with E-state index in [0.29, 0.717) is 11.3 Å². The average Bonchev–Trinajstić information content (AvgIpc) is 2.60. The third-order valence-corrected chi connectivity index (χ3v) is 3.05. The molecule has 0 saturated heterocycles. The first-order chi connectivity index (χ1) is 11.5. The van der Waals surface area contributed by atoms with Crippen molar-refractivity contribution in [2.75, 3.05) is 11.9 Å². The molecule has 8 heteroatoms. The minimum Gasteiger partial charge on any atom is -0.453 e. The number of hydrogen-bond donors (Lipinski definition) is 2. The molecular weight excluding hydrogens is 316 g/mol. The molecule has 0 unspecified atom stereocenters. The lowest BCUT2D eigenvalue weighted by Gasteiger charge is -2.11. The predicted octanol–water partition coefficient (Wildman–Crippen LogP) is 1.81. The molecule has 0 aromatic heterocycles. The summed E-state index contributed by atoms with van der Waals surface area (Å²) in [5.74, 6) is -1.57. The maximum absolute atomic E-state index is 11.7. The monoisotopic (exact) mass is 330 g/mol. The van der Waals surface area contributed by atoms with Crippen LogP contribution in [0, 0.1) is 10.1 Å². The fourth-order valence-electron chi connectivity index (χ4n) is 1.85. The topological polar surface area (TPSA) is 119 Å². The number of hydrogen-bond acceptors (Lipinski definition) is 6. The summed E-state index contributed by atoms with van der Waals surface area (Å²) in [6, 6.07) is 13.4. The SMILES string of the molecule is O=C(COC(=O)[C@H](O)c1ccccc1)Nc1ccc([N+](=O)[O-])cc1. The Hall–Kier alpha value is -3.26. The molecule has 2 rings (SSSR count). The molecule has 0 radical (unpaired) electrons. The van der Waals surface area contributed by atoms with E-state index in [9.17, 15) is 24.8 Å². The molecule has 1 amide bonds. The van der Waals surface area contributed by atoms with E-state index < -0.39 is 29.5 Å². The van der Waals surface area contributed by atoms with Crippen LogP contribution >= 0.6 is 0 Å². The molecule has 0 bridgehead atoms. The lowest BCUT2D eigenvalue weighted by Crippen LogP contribution is -2.23. The number of amides is 1. The smallest absolute Gasteiger partial charge is 0.340 e. The fraction of sp³-hybridized carbons (Fsp3) is 0.125.